The first kappa shape index (κ1) is 26.0. The molecule has 0 radical (unpaired) electrons. The van der Waals surface area contributed by atoms with Crippen LogP contribution in [0.4, 0.5) is 17.1 Å². The normalized spacial score (nSPS) is 11.8. The van der Waals surface area contributed by atoms with E-state index in [0.29, 0.717) is 0 Å². The van der Waals surface area contributed by atoms with Crippen molar-refractivity contribution in [1.82, 2.24) is 4.57 Å². The van der Waals surface area contributed by atoms with Gasteiger partial charge in [-0.2, -0.15) is 0 Å². The second-order valence-electron chi connectivity index (χ2n) is 12.1. The summed E-state index contributed by atoms with van der Waals surface area (Å²) in [5, 5.41) is 9.31. The minimum atomic E-state index is 0.900. The van der Waals surface area contributed by atoms with E-state index in [4.69, 9.17) is 4.42 Å². The highest BCUT2D eigenvalue weighted by Gasteiger charge is 2.23. The highest BCUT2D eigenvalue weighted by molar-refractivity contribution is 6.20. The van der Waals surface area contributed by atoms with Crippen LogP contribution in [-0.4, -0.2) is 4.57 Å². The van der Waals surface area contributed by atoms with Gasteiger partial charge in [-0.05, 0) is 60.0 Å². The first-order valence-electron chi connectivity index (χ1n) is 16.0. The smallest absolute Gasteiger partial charge is 0.143 e. The van der Waals surface area contributed by atoms with Gasteiger partial charge in [-0.1, -0.05) is 115 Å². The topological polar surface area (TPSA) is 21.3 Å². The van der Waals surface area contributed by atoms with Gasteiger partial charge in [0.05, 0.1) is 22.4 Å². The molecule has 0 saturated carbocycles. The fourth-order valence-electron chi connectivity index (χ4n) is 7.48. The Kier molecular flexibility index (Phi) is 5.57. The molecule has 2 aromatic heterocycles. The van der Waals surface area contributed by atoms with Crippen molar-refractivity contribution in [3.63, 3.8) is 0 Å². The summed E-state index contributed by atoms with van der Waals surface area (Å²) in [6.45, 7) is 0. The zero-order valence-electron chi connectivity index (χ0n) is 25.5. The molecule has 0 N–H and O–H groups in total. The summed E-state index contributed by atoms with van der Waals surface area (Å²) in [6, 6.07) is 60.8. The van der Waals surface area contributed by atoms with Crippen LogP contribution in [0.5, 0.6) is 0 Å². The molecular formula is C44H28N2O. The third kappa shape index (κ3) is 3.87. The molecule has 47 heavy (non-hydrogen) atoms. The average molecular weight is 601 g/mol. The standard InChI is InChI=1S/C44H28N2O/c1-2-15-30(16-3-1)45-40-22-10-8-19-34(40)37-27-31(25-26-41(37)45)46(39-23-12-14-29-13-4-5-17-32(29)39)42-28-38-35-20-9-11-24-43(35)47-44(38)36-21-7-6-18-33(36)42/h1-28H. The minimum absolute atomic E-state index is 0.900. The number of nitrogens with zero attached hydrogens (tertiary/aromatic N) is 2. The van der Waals surface area contributed by atoms with E-state index in [0.717, 1.165) is 55.5 Å². The summed E-state index contributed by atoms with van der Waals surface area (Å²) >= 11 is 0. The molecule has 3 nitrogen and oxygen atoms in total. The van der Waals surface area contributed by atoms with E-state index < -0.39 is 0 Å². The molecule has 220 valence electrons. The molecule has 0 aliphatic rings. The largest absolute Gasteiger partial charge is 0.455 e. The Morgan fingerprint density at radius 3 is 1.94 bits per heavy atom. The lowest BCUT2D eigenvalue weighted by molar-refractivity contribution is 0.672. The number of aromatic nitrogens is 1. The maximum absolute atomic E-state index is 6.51. The quantitative estimate of drug-likeness (QED) is 0.200. The fourth-order valence-corrected chi connectivity index (χ4v) is 7.48. The van der Waals surface area contributed by atoms with Crippen LogP contribution in [0, 0.1) is 0 Å². The lowest BCUT2D eigenvalue weighted by Gasteiger charge is -2.28. The van der Waals surface area contributed by atoms with E-state index in [1.54, 1.807) is 0 Å². The van der Waals surface area contributed by atoms with E-state index in [-0.39, 0.29) is 0 Å². The highest BCUT2D eigenvalue weighted by atomic mass is 16.3. The van der Waals surface area contributed by atoms with Gasteiger partial charge in [0.15, 0.2) is 0 Å². The number of hydrogen-bond acceptors (Lipinski definition) is 2. The number of fused-ring (bicyclic) bond motifs is 9. The van der Waals surface area contributed by atoms with Crippen LogP contribution in [0.1, 0.15) is 0 Å². The van der Waals surface area contributed by atoms with Crippen molar-refractivity contribution in [2.24, 2.45) is 0 Å². The number of benzene rings is 8. The molecule has 0 aliphatic heterocycles. The van der Waals surface area contributed by atoms with E-state index in [1.807, 2.05) is 6.07 Å². The lowest BCUT2D eigenvalue weighted by Crippen LogP contribution is -2.11. The van der Waals surface area contributed by atoms with E-state index >= 15 is 0 Å². The summed E-state index contributed by atoms with van der Waals surface area (Å²) in [6.07, 6.45) is 0. The molecule has 0 saturated heterocycles. The van der Waals surface area contributed by atoms with Crippen molar-refractivity contribution in [2.75, 3.05) is 4.90 Å². The van der Waals surface area contributed by atoms with Crippen molar-refractivity contribution in [2.45, 2.75) is 0 Å². The molecule has 0 spiro atoms. The second kappa shape index (κ2) is 10.1. The fraction of sp³-hybridized carbons (Fsp3) is 0. The van der Waals surface area contributed by atoms with Gasteiger partial charge in [-0.25, -0.2) is 0 Å². The van der Waals surface area contributed by atoms with Gasteiger partial charge in [0.1, 0.15) is 11.2 Å². The first-order chi connectivity index (χ1) is 23.3. The van der Waals surface area contributed by atoms with Crippen LogP contribution in [0.15, 0.2) is 174 Å². The molecule has 0 bridgehead atoms. The van der Waals surface area contributed by atoms with Crippen LogP contribution in [0.25, 0.3) is 71.0 Å². The lowest BCUT2D eigenvalue weighted by atomic mass is 10.0. The predicted octanol–water partition coefficient (Wildman–Crippen LogP) is 12.5. The Morgan fingerprint density at radius 2 is 1.06 bits per heavy atom. The summed E-state index contributed by atoms with van der Waals surface area (Å²) in [4.78, 5) is 2.44. The number of para-hydroxylation sites is 3. The second-order valence-corrected chi connectivity index (χ2v) is 12.1. The molecule has 0 atom stereocenters. The van der Waals surface area contributed by atoms with Crippen molar-refractivity contribution >= 4 is 82.4 Å². The monoisotopic (exact) mass is 600 g/mol. The van der Waals surface area contributed by atoms with Crippen LogP contribution < -0.4 is 4.90 Å². The Hall–Kier alpha value is -6.32. The Labute approximate surface area is 271 Å². The third-order valence-corrected chi connectivity index (χ3v) is 9.54. The van der Waals surface area contributed by atoms with E-state index in [2.05, 4.69) is 173 Å². The zero-order valence-corrected chi connectivity index (χ0v) is 25.5. The average Bonchev–Trinajstić information content (AvgIpc) is 3.68. The maximum atomic E-state index is 6.51. The first-order valence-corrected chi connectivity index (χ1v) is 16.0. The van der Waals surface area contributed by atoms with Gasteiger partial charge in [0.2, 0.25) is 0 Å². The summed E-state index contributed by atoms with van der Waals surface area (Å²) < 4.78 is 8.88. The van der Waals surface area contributed by atoms with Gasteiger partial charge in [0.25, 0.3) is 0 Å². The molecule has 0 fully saturated rings. The van der Waals surface area contributed by atoms with E-state index in [1.165, 1.54) is 32.6 Å². The van der Waals surface area contributed by atoms with Crippen LogP contribution in [0.3, 0.4) is 0 Å². The SMILES string of the molecule is c1ccc(-n2c3ccccc3c3cc(N(c4cccc5ccccc45)c4cc5c6ccccc6oc5c5ccccc45)ccc32)cc1. The third-order valence-electron chi connectivity index (χ3n) is 9.54. The Balaban J connectivity index is 1.33. The molecule has 0 amide bonds. The van der Waals surface area contributed by atoms with Gasteiger partial charge < -0.3 is 13.9 Å². The number of anilines is 3. The van der Waals surface area contributed by atoms with Crippen LogP contribution in [-0.2, 0) is 0 Å². The molecular weight excluding hydrogens is 572 g/mol. The van der Waals surface area contributed by atoms with Gasteiger partial charge in [-0.3, -0.25) is 0 Å². The van der Waals surface area contributed by atoms with Crippen molar-refractivity contribution in [3.8, 4) is 5.69 Å². The van der Waals surface area contributed by atoms with Crippen molar-refractivity contribution in [3.05, 3.63) is 170 Å². The van der Waals surface area contributed by atoms with Gasteiger partial charge in [-0.15, -0.1) is 0 Å². The molecule has 8 aromatic carbocycles. The van der Waals surface area contributed by atoms with Crippen molar-refractivity contribution < 1.29 is 4.42 Å². The van der Waals surface area contributed by atoms with Gasteiger partial charge in [0, 0.05) is 49.1 Å². The van der Waals surface area contributed by atoms with Crippen molar-refractivity contribution in [1.29, 1.82) is 0 Å². The molecule has 3 heteroatoms. The summed E-state index contributed by atoms with van der Waals surface area (Å²) in [5.74, 6) is 0. The molecule has 0 unspecified atom stereocenters. The molecule has 10 rings (SSSR count). The zero-order chi connectivity index (χ0) is 30.9. The van der Waals surface area contributed by atoms with E-state index in [9.17, 15) is 0 Å². The summed E-state index contributed by atoms with van der Waals surface area (Å²) in [7, 11) is 0. The molecule has 2 heterocycles. The Bertz CT molecular complexity index is 2800. The number of hydrogen-bond donors (Lipinski definition) is 0. The number of rotatable bonds is 4. The molecule has 10 aromatic rings. The molecule has 0 aliphatic carbocycles. The van der Waals surface area contributed by atoms with Crippen LogP contribution >= 0.6 is 0 Å². The maximum Gasteiger partial charge on any atom is 0.143 e. The van der Waals surface area contributed by atoms with Crippen LogP contribution in [0.2, 0.25) is 0 Å². The minimum Gasteiger partial charge on any atom is -0.455 e. The highest BCUT2D eigenvalue weighted by Crippen LogP contribution is 2.47. The Morgan fingerprint density at radius 1 is 0.404 bits per heavy atom. The predicted molar refractivity (Wildman–Crippen MR) is 198 cm³/mol. The summed E-state index contributed by atoms with van der Waals surface area (Å²) in [5.41, 5.74) is 8.69. The number of furan rings is 1. The van der Waals surface area contributed by atoms with Gasteiger partial charge >= 0.3 is 0 Å².